The molecular formula is C29H28Cl2N4O2. The summed E-state index contributed by atoms with van der Waals surface area (Å²) in [5.74, 6) is -0.141. The molecule has 0 saturated carbocycles. The molecule has 0 amide bonds. The van der Waals surface area contributed by atoms with Gasteiger partial charge in [-0.05, 0) is 86.3 Å². The summed E-state index contributed by atoms with van der Waals surface area (Å²) in [4.78, 5) is 23.2. The molecule has 0 bridgehead atoms. The summed E-state index contributed by atoms with van der Waals surface area (Å²) in [7, 11) is 0. The largest absolute Gasteiger partial charge is 0.505 e. The molecule has 1 fully saturated rings. The maximum Gasteiger partial charge on any atom is 0.152 e. The highest BCUT2D eigenvalue weighted by Crippen LogP contribution is 2.38. The Morgan fingerprint density at radius 3 is 2.51 bits per heavy atom. The number of pyridine rings is 2. The molecule has 0 aliphatic carbocycles. The number of nitrogens with zero attached hydrogens (tertiary/aromatic N) is 3. The minimum Gasteiger partial charge on any atom is -0.505 e. The molecule has 2 aromatic carbocycles. The van der Waals surface area contributed by atoms with Crippen LogP contribution in [0.3, 0.4) is 0 Å². The van der Waals surface area contributed by atoms with Gasteiger partial charge in [-0.25, -0.2) is 0 Å². The van der Waals surface area contributed by atoms with Crippen molar-refractivity contribution in [2.24, 2.45) is 0 Å². The van der Waals surface area contributed by atoms with Crippen molar-refractivity contribution in [3.8, 4) is 16.9 Å². The minimum absolute atomic E-state index is 0.141. The number of aromatic nitrogens is 2. The lowest BCUT2D eigenvalue weighted by atomic mass is 10.00. The number of aldehydes is 1. The van der Waals surface area contributed by atoms with Gasteiger partial charge in [0.2, 0.25) is 0 Å². The Hall–Kier alpha value is -3.19. The maximum atomic E-state index is 11.5. The number of aromatic hydroxyl groups is 1. The summed E-state index contributed by atoms with van der Waals surface area (Å²) in [5, 5.41) is 14.8. The van der Waals surface area contributed by atoms with Crippen LogP contribution in [0.1, 0.15) is 29.7 Å². The third-order valence-electron chi connectivity index (χ3n) is 6.92. The second-order valence-corrected chi connectivity index (χ2v) is 10.3. The summed E-state index contributed by atoms with van der Waals surface area (Å²) in [6.45, 7) is 5.34. The van der Waals surface area contributed by atoms with Gasteiger partial charge in [0, 0.05) is 36.3 Å². The van der Waals surface area contributed by atoms with E-state index >= 15 is 0 Å². The first-order chi connectivity index (χ1) is 17.9. The molecule has 3 heterocycles. The SMILES string of the molecule is Cc1ncc(CCN2CCCC2)cc1Nc1c(CC=O)cnc2ccc(-c3cc(Cl)c(O)c(Cl)c3)cc12. The lowest BCUT2D eigenvalue weighted by Crippen LogP contribution is -2.22. The summed E-state index contributed by atoms with van der Waals surface area (Å²) < 4.78 is 0. The van der Waals surface area contributed by atoms with Crippen molar-refractivity contribution in [3.63, 3.8) is 0 Å². The Morgan fingerprint density at radius 2 is 1.78 bits per heavy atom. The number of halogens is 2. The van der Waals surface area contributed by atoms with Gasteiger partial charge in [0.15, 0.2) is 5.75 Å². The third-order valence-corrected chi connectivity index (χ3v) is 7.49. The molecule has 0 unspecified atom stereocenters. The van der Waals surface area contributed by atoms with Gasteiger partial charge in [-0.1, -0.05) is 29.3 Å². The fraction of sp³-hybridized carbons (Fsp3) is 0.276. The fourth-order valence-corrected chi connectivity index (χ4v) is 5.29. The first kappa shape index (κ1) is 25.5. The molecule has 2 aromatic heterocycles. The van der Waals surface area contributed by atoms with Crippen LogP contribution < -0.4 is 5.32 Å². The van der Waals surface area contributed by atoms with Gasteiger partial charge in [0.05, 0.1) is 32.6 Å². The van der Waals surface area contributed by atoms with Crippen LogP contribution in [0.5, 0.6) is 5.75 Å². The first-order valence-electron chi connectivity index (χ1n) is 12.4. The fourth-order valence-electron chi connectivity index (χ4n) is 4.81. The van der Waals surface area contributed by atoms with E-state index < -0.39 is 0 Å². The molecule has 1 aliphatic heterocycles. The third kappa shape index (κ3) is 5.57. The number of carbonyl (C=O) groups excluding carboxylic acids is 1. The molecule has 6 nitrogen and oxygen atoms in total. The number of aryl methyl sites for hydroxylation is 1. The number of rotatable bonds is 8. The molecule has 1 saturated heterocycles. The van der Waals surface area contributed by atoms with Crippen molar-refractivity contribution < 1.29 is 9.90 Å². The van der Waals surface area contributed by atoms with E-state index in [0.717, 1.165) is 63.9 Å². The Labute approximate surface area is 226 Å². The Kier molecular flexibility index (Phi) is 7.60. The predicted molar refractivity (Wildman–Crippen MR) is 150 cm³/mol. The van der Waals surface area contributed by atoms with Crippen LogP contribution in [0.4, 0.5) is 11.4 Å². The van der Waals surface area contributed by atoms with Gasteiger partial charge in [0.1, 0.15) is 6.29 Å². The van der Waals surface area contributed by atoms with Crippen molar-refractivity contribution in [3.05, 3.63) is 75.7 Å². The van der Waals surface area contributed by atoms with Gasteiger partial charge in [0.25, 0.3) is 0 Å². The standard InChI is InChI=1S/C29H28Cl2N4O2/c1-18-27(12-19(16-32-18)6-10-35-8-2-3-9-35)34-28-21(7-11-36)17-33-26-5-4-20(13-23(26)28)22-14-24(30)29(37)25(31)15-22/h4-5,11-17,37H,2-3,6-10H2,1H3,(H,33,34). The lowest BCUT2D eigenvalue weighted by Gasteiger charge is -2.18. The summed E-state index contributed by atoms with van der Waals surface area (Å²) in [6.07, 6.45) is 8.29. The number of benzene rings is 2. The second kappa shape index (κ2) is 11.1. The van der Waals surface area contributed by atoms with Crippen molar-refractivity contribution in [2.45, 2.75) is 32.6 Å². The van der Waals surface area contributed by atoms with Crippen molar-refractivity contribution in [2.75, 3.05) is 25.0 Å². The maximum absolute atomic E-state index is 11.5. The quantitative estimate of drug-likeness (QED) is 0.243. The number of likely N-dealkylation sites (tertiary alicyclic amines) is 1. The van der Waals surface area contributed by atoms with Gasteiger partial charge < -0.3 is 20.1 Å². The zero-order valence-electron chi connectivity index (χ0n) is 20.6. The molecule has 4 aromatic rings. The van der Waals surface area contributed by atoms with Crippen LogP contribution in [0.15, 0.2) is 48.8 Å². The van der Waals surface area contributed by atoms with Crippen molar-refractivity contribution in [1.29, 1.82) is 0 Å². The number of phenolic OH excluding ortho intramolecular Hbond substituents is 1. The molecule has 37 heavy (non-hydrogen) atoms. The number of phenols is 1. The predicted octanol–water partition coefficient (Wildman–Crippen LogP) is 6.74. The van der Waals surface area contributed by atoms with Crippen molar-refractivity contribution >= 4 is 51.8 Å². The number of hydrogen-bond acceptors (Lipinski definition) is 6. The molecule has 5 rings (SSSR count). The highest BCUT2D eigenvalue weighted by Gasteiger charge is 2.15. The van der Waals surface area contributed by atoms with Crippen LogP contribution in [0, 0.1) is 6.92 Å². The van der Waals surface area contributed by atoms with E-state index in [1.54, 1.807) is 18.3 Å². The zero-order valence-corrected chi connectivity index (χ0v) is 22.1. The Morgan fingerprint density at radius 1 is 1.03 bits per heavy atom. The van der Waals surface area contributed by atoms with E-state index in [0.29, 0.717) is 0 Å². The van der Waals surface area contributed by atoms with Gasteiger partial charge >= 0.3 is 0 Å². The molecular weight excluding hydrogens is 507 g/mol. The zero-order chi connectivity index (χ0) is 25.9. The van der Waals surface area contributed by atoms with E-state index in [1.165, 1.54) is 31.5 Å². The Bertz CT molecular complexity index is 1450. The van der Waals surface area contributed by atoms with Crippen molar-refractivity contribution in [1.82, 2.24) is 14.9 Å². The summed E-state index contributed by atoms with van der Waals surface area (Å²) >= 11 is 12.4. The lowest BCUT2D eigenvalue weighted by molar-refractivity contribution is -0.107. The Balaban J connectivity index is 1.54. The average molecular weight is 535 g/mol. The average Bonchev–Trinajstić information content (AvgIpc) is 3.42. The second-order valence-electron chi connectivity index (χ2n) is 9.45. The molecule has 0 spiro atoms. The van der Waals surface area contributed by atoms with Crippen LogP contribution in [-0.4, -0.2) is 45.9 Å². The van der Waals surface area contributed by atoms with E-state index in [1.807, 2.05) is 31.3 Å². The molecule has 8 heteroatoms. The topological polar surface area (TPSA) is 78.4 Å². The highest BCUT2D eigenvalue weighted by atomic mass is 35.5. The number of nitrogens with one attached hydrogen (secondary N) is 1. The number of fused-ring (bicyclic) bond motifs is 1. The van der Waals surface area contributed by atoms with Crippen LogP contribution in [0.2, 0.25) is 10.0 Å². The summed E-state index contributed by atoms with van der Waals surface area (Å²) in [5.41, 5.74) is 6.97. The summed E-state index contributed by atoms with van der Waals surface area (Å²) in [6, 6.07) is 11.4. The monoisotopic (exact) mass is 534 g/mol. The van der Waals surface area contributed by atoms with Crippen LogP contribution >= 0.6 is 23.2 Å². The normalized spacial score (nSPS) is 13.8. The van der Waals surface area contributed by atoms with E-state index in [-0.39, 0.29) is 22.2 Å². The van der Waals surface area contributed by atoms with Gasteiger partial charge in [-0.3, -0.25) is 9.97 Å². The van der Waals surface area contributed by atoms with E-state index in [2.05, 4.69) is 26.3 Å². The van der Waals surface area contributed by atoms with Crippen LogP contribution in [-0.2, 0) is 17.6 Å². The minimum atomic E-state index is -0.141. The van der Waals surface area contributed by atoms with E-state index in [9.17, 15) is 9.90 Å². The van der Waals surface area contributed by atoms with Crippen LogP contribution in [0.25, 0.3) is 22.0 Å². The number of anilines is 2. The molecule has 0 atom stereocenters. The molecule has 1 aliphatic rings. The highest BCUT2D eigenvalue weighted by molar-refractivity contribution is 6.37. The number of carbonyl (C=O) groups is 1. The van der Waals surface area contributed by atoms with E-state index in [4.69, 9.17) is 23.2 Å². The van der Waals surface area contributed by atoms with Gasteiger partial charge in [-0.2, -0.15) is 0 Å². The molecule has 2 N–H and O–H groups in total. The molecule has 0 radical (unpaired) electrons. The molecule has 190 valence electrons. The first-order valence-corrected chi connectivity index (χ1v) is 13.2. The van der Waals surface area contributed by atoms with Gasteiger partial charge in [-0.15, -0.1) is 0 Å². The smallest absolute Gasteiger partial charge is 0.152 e. The number of hydrogen-bond donors (Lipinski definition) is 2.